The Morgan fingerprint density at radius 3 is 1.52 bits per heavy atom. The molecule has 11 heteroatoms. The molecule has 0 radical (unpaired) electrons. The predicted octanol–water partition coefficient (Wildman–Crippen LogP) is 10.7. The summed E-state index contributed by atoms with van der Waals surface area (Å²) in [7, 11) is -4.63. The van der Waals surface area contributed by atoms with Gasteiger partial charge < -0.3 is 24.6 Å². The maximum absolute atomic E-state index is 12.6. The van der Waals surface area contributed by atoms with Gasteiger partial charge in [0.2, 0.25) is 0 Å². The first-order valence-electron chi connectivity index (χ1n) is 20.7. The molecule has 0 aliphatic rings. The standard InChI is InChI=1S/C43H75O10P/c1-3-5-7-9-11-13-15-17-19-20-21-23-25-27-29-31-33-35-43(47)53-41(39-52-54(48,49)51-37-40(45)36-44)38-50-42(46)34-32-30-28-26-24-22-18-16-14-12-10-8-6-4-2/h5,7,11,13,17,19,21,23,27,29,40-41,44-45H,3-4,6,8-10,12,14-16,18,20,22,24-26,28,30-39H2,1-2H3,(H,48,49)/b7-5+,13-11+,19-17+,23-21+,29-27+/t40-,41+/m0/s1. The van der Waals surface area contributed by atoms with Gasteiger partial charge in [-0.2, -0.15) is 0 Å². The van der Waals surface area contributed by atoms with Crippen LogP contribution in [0.1, 0.15) is 162 Å². The number of hydrogen-bond donors (Lipinski definition) is 3. The van der Waals surface area contributed by atoms with E-state index in [-0.39, 0.29) is 19.4 Å². The van der Waals surface area contributed by atoms with Crippen molar-refractivity contribution in [3.63, 3.8) is 0 Å². The number of ether oxygens (including phenoxy) is 2. The fraction of sp³-hybridized carbons (Fsp3) is 0.721. The smallest absolute Gasteiger partial charge is 0.462 e. The lowest BCUT2D eigenvalue weighted by atomic mass is 10.0. The summed E-state index contributed by atoms with van der Waals surface area (Å²) in [6.07, 6.45) is 41.9. The van der Waals surface area contributed by atoms with Crippen LogP contribution in [-0.2, 0) is 32.7 Å². The normalized spacial score (nSPS) is 14.5. The van der Waals surface area contributed by atoms with E-state index in [1.807, 2.05) is 12.2 Å². The molecule has 3 atom stereocenters. The van der Waals surface area contributed by atoms with E-state index >= 15 is 0 Å². The number of aliphatic hydroxyl groups excluding tert-OH is 2. The molecule has 0 fully saturated rings. The number of phosphoric acid groups is 1. The van der Waals surface area contributed by atoms with E-state index in [1.54, 1.807) is 0 Å². The third-order valence-corrected chi connectivity index (χ3v) is 9.39. The minimum Gasteiger partial charge on any atom is -0.462 e. The number of unbranched alkanes of at least 4 members (excludes halogenated alkanes) is 14. The van der Waals surface area contributed by atoms with Crippen molar-refractivity contribution in [2.75, 3.05) is 26.4 Å². The molecule has 1 unspecified atom stereocenters. The molecule has 0 aromatic carbocycles. The number of esters is 2. The second kappa shape index (κ2) is 38.9. The summed E-state index contributed by atoms with van der Waals surface area (Å²) in [5.41, 5.74) is 0. The van der Waals surface area contributed by atoms with Crippen molar-refractivity contribution in [1.29, 1.82) is 0 Å². The Hall–Kier alpha value is -2.33. The molecule has 0 saturated heterocycles. The molecule has 0 aliphatic carbocycles. The van der Waals surface area contributed by atoms with E-state index < -0.39 is 51.8 Å². The molecule has 3 N–H and O–H groups in total. The average Bonchev–Trinajstić information content (AvgIpc) is 3.16. The predicted molar refractivity (Wildman–Crippen MR) is 219 cm³/mol. The lowest BCUT2D eigenvalue weighted by molar-refractivity contribution is -0.161. The lowest BCUT2D eigenvalue weighted by Gasteiger charge is -2.20. The minimum absolute atomic E-state index is 0.105. The number of aliphatic hydroxyl groups is 2. The largest absolute Gasteiger partial charge is 0.472 e. The van der Waals surface area contributed by atoms with Crippen molar-refractivity contribution < 1.29 is 47.8 Å². The third kappa shape index (κ3) is 38.0. The molecule has 0 saturated carbocycles. The van der Waals surface area contributed by atoms with Crippen molar-refractivity contribution in [1.82, 2.24) is 0 Å². The fourth-order valence-electron chi connectivity index (χ4n) is 5.26. The second-order valence-electron chi connectivity index (χ2n) is 13.6. The van der Waals surface area contributed by atoms with Crippen LogP contribution >= 0.6 is 7.82 Å². The highest BCUT2D eigenvalue weighted by molar-refractivity contribution is 7.47. The number of rotatable bonds is 38. The Labute approximate surface area is 327 Å². The average molecular weight is 783 g/mol. The highest BCUT2D eigenvalue weighted by atomic mass is 31.2. The van der Waals surface area contributed by atoms with Gasteiger partial charge in [0, 0.05) is 12.8 Å². The zero-order valence-corrected chi connectivity index (χ0v) is 34.6. The van der Waals surface area contributed by atoms with Gasteiger partial charge in [-0.1, -0.05) is 158 Å². The second-order valence-corrected chi connectivity index (χ2v) is 15.1. The summed E-state index contributed by atoms with van der Waals surface area (Å²) in [6, 6.07) is 0. The monoisotopic (exact) mass is 783 g/mol. The fourth-order valence-corrected chi connectivity index (χ4v) is 6.05. The van der Waals surface area contributed by atoms with Crippen LogP contribution in [0.15, 0.2) is 60.8 Å². The molecular formula is C43H75O10P. The molecule has 0 rings (SSSR count). The van der Waals surface area contributed by atoms with Crippen LogP contribution in [0.4, 0.5) is 0 Å². The third-order valence-electron chi connectivity index (χ3n) is 8.44. The lowest BCUT2D eigenvalue weighted by Crippen LogP contribution is -2.29. The zero-order chi connectivity index (χ0) is 39.8. The first kappa shape index (κ1) is 51.7. The van der Waals surface area contributed by atoms with Gasteiger partial charge in [-0.25, -0.2) is 4.57 Å². The summed E-state index contributed by atoms with van der Waals surface area (Å²) < 4.78 is 32.6. The topological polar surface area (TPSA) is 149 Å². The summed E-state index contributed by atoms with van der Waals surface area (Å²) in [5, 5.41) is 18.3. The molecule has 0 spiro atoms. The first-order valence-corrected chi connectivity index (χ1v) is 22.2. The molecule has 312 valence electrons. The Morgan fingerprint density at radius 2 is 1.02 bits per heavy atom. The van der Waals surface area contributed by atoms with Gasteiger partial charge in [0.05, 0.1) is 19.8 Å². The molecule has 10 nitrogen and oxygen atoms in total. The highest BCUT2D eigenvalue weighted by Gasteiger charge is 2.27. The van der Waals surface area contributed by atoms with Crippen molar-refractivity contribution in [2.24, 2.45) is 0 Å². The molecule has 54 heavy (non-hydrogen) atoms. The summed E-state index contributed by atoms with van der Waals surface area (Å²) >= 11 is 0. The highest BCUT2D eigenvalue weighted by Crippen LogP contribution is 2.43. The van der Waals surface area contributed by atoms with Crippen LogP contribution in [0, 0.1) is 0 Å². The Balaban J connectivity index is 4.43. The van der Waals surface area contributed by atoms with Crippen molar-refractivity contribution >= 4 is 19.8 Å². The van der Waals surface area contributed by atoms with Crippen LogP contribution in [0.3, 0.4) is 0 Å². The molecule has 0 amide bonds. The molecular weight excluding hydrogens is 707 g/mol. The van der Waals surface area contributed by atoms with E-state index in [2.05, 4.69) is 67.0 Å². The number of phosphoric ester groups is 1. The maximum Gasteiger partial charge on any atom is 0.472 e. The van der Waals surface area contributed by atoms with Gasteiger partial charge in [-0.3, -0.25) is 18.6 Å². The summed E-state index contributed by atoms with van der Waals surface area (Å²) in [4.78, 5) is 34.9. The van der Waals surface area contributed by atoms with Gasteiger partial charge >= 0.3 is 19.8 Å². The molecule has 0 bridgehead atoms. The van der Waals surface area contributed by atoms with Crippen LogP contribution in [0.2, 0.25) is 0 Å². The van der Waals surface area contributed by atoms with E-state index in [0.29, 0.717) is 19.3 Å². The Morgan fingerprint density at radius 1 is 0.574 bits per heavy atom. The number of carbonyl (C=O) groups is 2. The summed E-state index contributed by atoms with van der Waals surface area (Å²) in [6.45, 7) is 2.19. The van der Waals surface area contributed by atoms with Gasteiger partial charge in [-0.05, 0) is 51.4 Å². The van der Waals surface area contributed by atoms with Crippen LogP contribution in [0.5, 0.6) is 0 Å². The van der Waals surface area contributed by atoms with E-state index in [4.69, 9.17) is 19.1 Å². The number of hydrogen-bond acceptors (Lipinski definition) is 9. The minimum atomic E-state index is -4.63. The number of allylic oxidation sites excluding steroid dienone is 10. The number of carbonyl (C=O) groups excluding carboxylic acids is 2. The van der Waals surface area contributed by atoms with E-state index in [1.165, 1.54) is 64.2 Å². The molecule has 0 aliphatic heterocycles. The van der Waals surface area contributed by atoms with Crippen molar-refractivity contribution in [3.05, 3.63) is 60.8 Å². The molecule has 0 heterocycles. The van der Waals surface area contributed by atoms with Crippen LogP contribution < -0.4 is 0 Å². The van der Waals surface area contributed by atoms with Gasteiger partial charge in [0.1, 0.15) is 12.7 Å². The quantitative estimate of drug-likeness (QED) is 0.0239. The van der Waals surface area contributed by atoms with Crippen molar-refractivity contribution in [3.8, 4) is 0 Å². The van der Waals surface area contributed by atoms with Gasteiger partial charge in [0.25, 0.3) is 0 Å². The van der Waals surface area contributed by atoms with Crippen LogP contribution in [-0.4, -0.2) is 65.7 Å². The summed E-state index contributed by atoms with van der Waals surface area (Å²) in [5.74, 6) is -0.994. The molecule has 0 aromatic heterocycles. The Bertz CT molecular complexity index is 1080. The van der Waals surface area contributed by atoms with Crippen molar-refractivity contribution in [2.45, 2.75) is 174 Å². The maximum atomic E-state index is 12.6. The van der Waals surface area contributed by atoms with E-state index in [0.717, 1.165) is 51.4 Å². The first-order chi connectivity index (χ1) is 26.2. The van der Waals surface area contributed by atoms with E-state index in [9.17, 15) is 24.2 Å². The van der Waals surface area contributed by atoms with Gasteiger partial charge in [0.15, 0.2) is 6.10 Å². The Kier molecular flexibility index (Phi) is 37.2. The molecule has 0 aromatic rings. The zero-order valence-electron chi connectivity index (χ0n) is 33.7. The SMILES string of the molecule is CC/C=C/C/C=C/C/C=C/C/C=C/C/C=C/CCCC(=O)O[C@H](COC(=O)CCCCCCCCCCCCCCCC)COP(=O)(O)OC[C@@H](O)CO. The van der Waals surface area contributed by atoms with Crippen LogP contribution in [0.25, 0.3) is 0 Å². The van der Waals surface area contributed by atoms with Gasteiger partial charge in [-0.15, -0.1) is 0 Å².